The lowest BCUT2D eigenvalue weighted by Gasteiger charge is -2.12. The van der Waals surface area contributed by atoms with Crippen molar-refractivity contribution in [3.05, 3.63) is 45.9 Å². The van der Waals surface area contributed by atoms with Gasteiger partial charge < -0.3 is 15.4 Å². The Labute approximate surface area is 160 Å². The van der Waals surface area contributed by atoms with E-state index >= 15 is 0 Å². The Hall–Kier alpha value is -2.08. The largest absolute Gasteiger partial charge is 0.494 e. The highest BCUT2D eigenvalue weighted by Gasteiger charge is 2.03. The van der Waals surface area contributed by atoms with E-state index in [9.17, 15) is 0 Å². The number of benzene rings is 1. The minimum atomic E-state index is 0.601. The number of hydrogen-bond donors (Lipinski definition) is 2. The second kappa shape index (κ2) is 11.5. The smallest absolute Gasteiger partial charge is 0.191 e. The minimum Gasteiger partial charge on any atom is -0.494 e. The number of para-hydroxylation sites is 1. The van der Waals surface area contributed by atoms with Crippen molar-refractivity contribution in [2.45, 2.75) is 46.6 Å². The first-order valence-corrected chi connectivity index (χ1v) is 10.2. The number of guanidine groups is 1. The molecule has 6 heteroatoms. The zero-order valence-corrected chi connectivity index (χ0v) is 16.9. The Bertz CT molecular complexity index is 684. The zero-order valence-electron chi connectivity index (χ0n) is 16.0. The molecule has 2 N–H and O–H groups in total. The molecule has 142 valence electrons. The van der Waals surface area contributed by atoms with Crippen LogP contribution in [0, 0.1) is 6.92 Å². The quantitative estimate of drug-likeness (QED) is 0.376. The van der Waals surface area contributed by atoms with Crippen LogP contribution in [-0.4, -0.2) is 30.6 Å². The first-order valence-electron chi connectivity index (χ1n) is 9.36. The first-order chi connectivity index (χ1) is 12.7. The van der Waals surface area contributed by atoms with Gasteiger partial charge in [-0.3, -0.25) is 0 Å². The summed E-state index contributed by atoms with van der Waals surface area (Å²) in [5.74, 6) is 1.76. The van der Waals surface area contributed by atoms with E-state index in [-0.39, 0.29) is 0 Å². The predicted molar refractivity (Wildman–Crippen MR) is 110 cm³/mol. The molecule has 0 aliphatic rings. The highest BCUT2D eigenvalue weighted by atomic mass is 32.1. The fourth-order valence-corrected chi connectivity index (χ4v) is 3.38. The van der Waals surface area contributed by atoms with Crippen molar-refractivity contribution in [1.82, 2.24) is 15.6 Å². The molecule has 26 heavy (non-hydrogen) atoms. The molecule has 0 aliphatic heterocycles. The van der Waals surface area contributed by atoms with Gasteiger partial charge in [-0.2, -0.15) is 0 Å². The molecule has 5 nitrogen and oxygen atoms in total. The molecule has 0 fully saturated rings. The topological polar surface area (TPSA) is 58.5 Å². The second-order valence-corrected chi connectivity index (χ2v) is 6.95. The summed E-state index contributed by atoms with van der Waals surface area (Å²) < 4.78 is 5.67. The number of hydrogen-bond acceptors (Lipinski definition) is 4. The second-order valence-electron chi connectivity index (χ2n) is 6.00. The molecule has 0 atom stereocenters. The van der Waals surface area contributed by atoms with Gasteiger partial charge in [-0.05, 0) is 46.1 Å². The van der Waals surface area contributed by atoms with E-state index < -0.39 is 0 Å². The van der Waals surface area contributed by atoms with Crippen LogP contribution in [0.5, 0.6) is 5.75 Å². The molecule has 1 aromatic carbocycles. The van der Waals surface area contributed by atoms with Gasteiger partial charge in [-0.15, -0.1) is 11.3 Å². The number of nitrogens with zero attached hydrogens (tertiary/aromatic N) is 2. The predicted octanol–water partition coefficient (Wildman–Crippen LogP) is 3.93. The van der Waals surface area contributed by atoms with Crippen molar-refractivity contribution in [2.24, 2.45) is 4.99 Å². The molecule has 0 saturated heterocycles. The molecule has 0 aliphatic carbocycles. The molecule has 0 saturated carbocycles. The van der Waals surface area contributed by atoms with Crippen LogP contribution in [-0.2, 0) is 13.0 Å². The van der Waals surface area contributed by atoms with Crippen LogP contribution in [0.2, 0.25) is 0 Å². The summed E-state index contributed by atoms with van der Waals surface area (Å²) in [6.45, 7) is 9.14. The van der Waals surface area contributed by atoms with Gasteiger partial charge in [-0.25, -0.2) is 9.98 Å². The average molecular weight is 375 g/mol. The summed E-state index contributed by atoms with van der Waals surface area (Å²) in [5, 5.41) is 10.1. The summed E-state index contributed by atoms with van der Waals surface area (Å²) in [6, 6.07) is 8.07. The lowest BCUT2D eigenvalue weighted by Crippen LogP contribution is -2.37. The average Bonchev–Trinajstić information content (AvgIpc) is 3.06. The maximum Gasteiger partial charge on any atom is 0.191 e. The van der Waals surface area contributed by atoms with Gasteiger partial charge in [0.05, 0.1) is 18.2 Å². The first kappa shape index (κ1) is 20.2. The number of aliphatic imine (C=N–C) groups is 1. The van der Waals surface area contributed by atoms with Crippen LogP contribution in [0.25, 0.3) is 0 Å². The molecule has 0 bridgehead atoms. The van der Waals surface area contributed by atoms with E-state index in [0.717, 1.165) is 55.3 Å². The third-order valence-electron chi connectivity index (χ3n) is 3.80. The third kappa shape index (κ3) is 7.04. The number of thiazole rings is 1. The van der Waals surface area contributed by atoms with E-state index in [0.29, 0.717) is 13.2 Å². The van der Waals surface area contributed by atoms with Crippen LogP contribution >= 0.6 is 11.3 Å². The standard InChI is InChI=1S/C20H30N4OS/c1-4-21-20(22-13-9-8-12-19-24-16(3)15-26-19)23-14-17-10-6-7-11-18(17)25-5-2/h6-7,10-11,15H,4-5,8-9,12-14H2,1-3H3,(H2,21,22,23). The monoisotopic (exact) mass is 374 g/mol. The Morgan fingerprint density at radius 2 is 2.04 bits per heavy atom. The fourth-order valence-electron chi connectivity index (χ4n) is 2.56. The van der Waals surface area contributed by atoms with Gasteiger partial charge in [0.25, 0.3) is 0 Å². The van der Waals surface area contributed by atoms with Crippen molar-refractivity contribution in [1.29, 1.82) is 0 Å². The highest BCUT2D eigenvalue weighted by molar-refractivity contribution is 7.09. The summed E-state index contributed by atoms with van der Waals surface area (Å²) >= 11 is 1.75. The van der Waals surface area contributed by atoms with Crippen LogP contribution in [0.15, 0.2) is 34.6 Å². The Balaban J connectivity index is 1.79. The molecule has 0 radical (unpaired) electrons. The Morgan fingerprint density at radius 3 is 2.77 bits per heavy atom. The Kier molecular flexibility index (Phi) is 8.96. The van der Waals surface area contributed by atoms with Crippen molar-refractivity contribution in [3.8, 4) is 5.75 Å². The van der Waals surface area contributed by atoms with Crippen LogP contribution in [0.1, 0.15) is 43.0 Å². The summed E-state index contributed by atoms with van der Waals surface area (Å²) in [4.78, 5) is 9.20. The number of rotatable bonds is 10. The molecule has 0 unspecified atom stereocenters. The molecule has 2 rings (SSSR count). The zero-order chi connectivity index (χ0) is 18.6. The molecular formula is C20H30N4OS. The van der Waals surface area contributed by atoms with Gasteiger partial charge in [-0.1, -0.05) is 18.2 Å². The normalized spacial score (nSPS) is 11.4. The molecule has 2 aromatic rings. The maximum atomic E-state index is 5.67. The Morgan fingerprint density at radius 1 is 1.19 bits per heavy atom. The molecular weight excluding hydrogens is 344 g/mol. The van der Waals surface area contributed by atoms with Gasteiger partial charge in [0.1, 0.15) is 5.75 Å². The maximum absolute atomic E-state index is 5.67. The summed E-state index contributed by atoms with van der Waals surface area (Å²) in [5.41, 5.74) is 2.22. The third-order valence-corrected chi connectivity index (χ3v) is 4.83. The summed E-state index contributed by atoms with van der Waals surface area (Å²) in [6.07, 6.45) is 3.28. The number of ether oxygens (including phenoxy) is 1. The lowest BCUT2D eigenvalue weighted by atomic mass is 10.2. The van der Waals surface area contributed by atoms with Gasteiger partial charge in [0.15, 0.2) is 5.96 Å². The number of aromatic nitrogens is 1. The van der Waals surface area contributed by atoms with Crippen LogP contribution in [0.3, 0.4) is 0 Å². The van der Waals surface area contributed by atoms with Crippen LogP contribution in [0.4, 0.5) is 0 Å². The SMILES string of the molecule is CCNC(=NCc1ccccc1OCC)NCCCCc1nc(C)cs1. The van der Waals surface area contributed by atoms with Gasteiger partial charge >= 0.3 is 0 Å². The fraction of sp³-hybridized carbons (Fsp3) is 0.500. The van der Waals surface area contributed by atoms with E-state index in [2.05, 4.69) is 39.0 Å². The van der Waals surface area contributed by atoms with Gasteiger partial charge in [0.2, 0.25) is 0 Å². The molecule has 0 amide bonds. The summed E-state index contributed by atoms with van der Waals surface area (Å²) in [7, 11) is 0. The van der Waals surface area contributed by atoms with Crippen molar-refractivity contribution in [3.63, 3.8) is 0 Å². The van der Waals surface area contributed by atoms with Crippen LogP contribution < -0.4 is 15.4 Å². The molecule has 1 heterocycles. The number of nitrogens with one attached hydrogen (secondary N) is 2. The minimum absolute atomic E-state index is 0.601. The lowest BCUT2D eigenvalue weighted by molar-refractivity contribution is 0.336. The molecule has 1 aromatic heterocycles. The van der Waals surface area contributed by atoms with Crippen molar-refractivity contribution in [2.75, 3.05) is 19.7 Å². The van der Waals surface area contributed by atoms with E-state index in [1.54, 1.807) is 11.3 Å². The van der Waals surface area contributed by atoms with Gasteiger partial charge in [0, 0.05) is 29.7 Å². The van der Waals surface area contributed by atoms with E-state index in [1.165, 1.54) is 5.01 Å². The number of aryl methyl sites for hydroxylation is 2. The highest BCUT2D eigenvalue weighted by Crippen LogP contribution is 2.18. The van der Waals surface area contributed by atoms with E-state index in [1.807, 2.05) is 32.0 Å². The van der Waals surface area contributed by atoms with Crippen molar-refractivity contribution < 1.29 is 4.74 Å². The number of unbranched alkanes of at least 4 members (excludes halogenated alkanes) is 1. The van der Waals surface area contributed by atoms with E-state index in [4.69, 9.17) is 4.74 Å². The molecule has 0 spiro atoms. The van der Waals surface area contributed by atoms with Crippen molar-refractivity contribution >= 4 is 17.3 Å².